The summed E-state index contributed by atoms with van der Waals surface area (Å²) in [6.45, 7) is 9.37. The Morgan fingerprint density at radius 1 is 1.18 bits per heavy atom. The molecule has 0 radical (unpaired) electrons. The number of thiol groups is 1. The van der Waals surface area contributed by atoms with Crippen molar-refractivity contribution in [1.29, 1.82) is 0 Å². The van der Waals surface area contributed by atoms with Crippen molar-refractivity contribution in [2.45, 2.75) is 51.7 Å². The molecule has 0 spiro atoms. The Hall–Kier alpha value is 0.350. The maximum Gasteiger partial charge on any atom is 0.0104 e. The number of hydrogen-bond acceptors (Lipinski definition) is 1. The topological polar surface area (TPSA) is 0 Å². The molecule has 0 aliphatic heterocycles. The van der Waals surface area contributed by atoms with Crippen LogP contribution in [0.25, 0.3) is 0 Å². The molecule has 0 aromatic heterocycles. The highest BCUT2D eigenvalue weighted by Gasteiger charge is 2.37. The zero-order valence-electron chi connectivity index (χ0n) is 8.15. The monoisotopic (exact) mass is 172 g/mol. The molecule has 1 aliphatic rings. The molecular formula is C10H20S. The fraction of sp³-hybridized carbons (Fsp3) is 1.00. The molecule has 1 saturated carbocycles. The Morgan fingerprint density at radius 2 is 1.73 bits per heavy atom. The van der Waals surface area contributed by atoms with Crippen LogP contribution in [0.4, 0.5) is 0 Å². The summed E-state index contributed by atoms with van der Waals surface area (Å²) in [7, 11) is 0. The third kappa shape index (κ3) is 2.14. The highest BCUT2D eigenvalue weighted by atomic mass is 32.1. The van der Waals surface area contributed by atoms with Gasteiger partial charge < -0.3 is 0 Å². The van der Waals surface area contributed by atoms with Gasteiger partial charge in [-0.25, -0.2) is 0 Å². The first kappa shape index (κ1) is 9.44. The molecule has 1 heteroatoms. The van der Waals surface area contributed by atoms with E-state index in [0.29, 0.717) is 10.2 Å². The van der Waals surface area contributed by atoms with Gasteiger partial charge in [0, 0.05) is 4.75 Å². The lowest BCUT2D eigenvalue weighted by Crippen LogP contribution is -2.36. The second-order valence-electron chi connectivity index (χ2n) is 5.09. The summed E-state index contributed by atoms with van der Waals surface area (Å²) in [4.78, 5) is 0. The van der Waals surface area contributed by atoms with Crippen molar-refractivity contribution in [3.05, 3.63) is 0 Å². The predicted octanol–water partition coefficient (Wildman–Crippen LogP) is 3.52. The van der Waals surface area contributed by atoms with Crippen molar-refractivity contribution in [3.8, 4) is 0 Å². The molecule has 0 bridgehead atoms. The number of hydrogen-bond donors (Lipinski definition) is 1. The van der Waals surface area contributed by atoms with E-state index in [0.717, 1.165) is 5.92 Å². The Kier molecular flexibility index (Phi) is 2.31. The van der Waals surface area contributed by atoms with Crippen LogP contribution < -0.4 is 0 Å². The van der Waals surface area contributed by atoms with Crippen LogP contribution in [0.2, 0.25) is 0 Å². The molecule has 2 atom stereocenters. The maximum absolute atomic E-state index is 4.66. The summed E-state index contributed by atoms with van der Waals surface area (Å²) in [5, 5.41) is 0. The highest BCUT2D eigenvalue weighted by molar-refractivity contribution is 7.81. The largest absolute Gasteiger partial charge is 0.173 e. The first-order valence-corrected chi connectivity index (χ1v) is 5.01. The molecule has 1 fully saturated rings. The Labute approximate surface area is 76.2 Å². The van der Waals surface area contributed by atoms with Crippen molar-refractivity contribution >= 4 is 12.6 Å². The zero-order valence-corrected chi connectivity index (χ0v) is 9.04. The molecule has 0 aromatic carbocycles. The summed E-state index contributed by atoms with van der Waals surface area (Å²) in [5.41, 5.74) is 0.544. The quantitative estimate of drug-likeness (QED) is 0.531. The van der Waals surface area contributed by atoms with Gasteiger partial charge in [-0.3, -0.25) is 0 Å². The van der Waals surface area contributed by atoms with E-state index >= 15 is 0 Å². The van der Waals surface area contributed by atoms with E-state index in [9.17, 15) is 0 Å². The summed E-state index contributed by atoms with van der Waals surface area (Å²) >= 11 is 4.66. The SMILES string of the molecule is CC1CC(C)(S)CCC1(C)C. The van der Waals surface area contributed by atoms with E-state index in [2.05, 4.69) is 40.3 Å². The highest BCUT2D eigenvalue weighted by Crippen LogP contribution is 2.46. The van der Waals surface area contributed by atoms with Crippen molar-refractivity contribution in [2.75, 3.05) is 0 Å². The Bertz CT molecular complexity index is 147. The van der Waals surface area contributed by atoms with Gasteiger partial charge in [0.25, 0.3) is 0 Å². The molecule has 1 rings (SSSR count). The minimum absolute atomic E-state index is 0.301. The van der Waals surface area contributed by atoms with Crippen LogP contribution in [-0.2, 0) is 0 Å². The first-order valence-electron chi connectivity index (χ1n) is 4.56. The molecule has 0 N–H and O–H groups in total. The fourth-order valence-electron chi connectivity index (χ4n) is 1.88. The smallest absolute Gasteiger partial charge is 0.0104 e. The molecular weight excluding hydrogens is 152 g/mol. The van der Waals surface area contributed by atoms with Gasteiger partial charge in [-0.1, -0.05) is 27.7 Å². The van der Waals surface area contributed by atoms with Crippen LogP contribution in [0.1, 0.15) is 47.0 Å². The maximum atomic E-state index is 4.66. The van der Waals surface area contributed by atoms with Crippen molar-refractivity contribution in [1.82, 2.24) is 0 Å². The molecule has 0 saturated heterocycles. The lowest BCUT2D eigenvalue weighted by molar-refractivity contribution is 0.133. The van der Waals surface area contributed by atoms with Crippen LogP contribution in [-0.4, -0.2) is 4.75 Å². The van der Waals surface area contributed by atoms with Crippen molar-refractivity contribution in [2.24, 2.45) is 11.3 Å². The molecule has 11 heavy (non-hydrogen) atoms. The van der Waals surface area contributed by atoms with E-state index in [-0.39, 0.29) is 0 Å². The van der Waals surface area contributed by atoms with E-state index in [4.69, 9.17) is 0 Å². The molecule has 66 valence electrons. The second kappa shape index (κ2) is 2.69. The second-order valence-corrected chi connectivity index (χ2v) is 6.17. The van der Waals surface area contributed by atoms with Crippen LogP contribution in [0, 0.1) is 11.3 Å². The third-order valence-corrected chi connectivity index (χ3v) is 3.79. The molecule has 0 nitrogen and oxygen atoms in total. The van der Waals surface area contributed by atoms with E-state index in [1.54, 1.807) is 0 Å². The average molecular weight is 172 g/mol. The minimum atomic E-state index is 0.301. The lowest BCUT2D eigenvalue weighted by Gasteiger charge is -2.43. The summed E-state index contributed by atoms with van der Waals surface area (Å²) in [5.74, 6) is 0.818. The molecule has 0 heterocycles. The Balaban J connectivity index is 2.63. The van der Waals surface area contributed by atoms with Gasteiger partial charge in [0.15, 0.2) is 0 Å². The fourth-order valence-corrected chi connectivity index (χ4v) is 2.26. The molecule has 0 amide bonds. The predicted molar refractivity (Wildman–Crippen MR) is 54.2 cm³/mol. The van der Waals surface area contributed by atoms with Gasteiger partial charge in [0.1, 0.15) is 0 Å². The standard InChI is InChI=1S/C10H20S/c1-8-7-10(4,11)6-5-9(8,2)3/h8,11H,5-7H2,1-4H3. The van der Waals surface area contributed by atoms with Gasteiger partial charge >= 0.3 is 0 Å². The van der Waals surface area contributed by atoms with Crippen molar-refractivity contribution < 1.29 is 0 Å². The van der Waals surface area contributed by atoms with E-state index in [1.165, 1.54) is 19.3 Å². The third-order valence-electron chi connectivity index (χ3n) is 3.39. The lowest BCUT2D eigenvalue weighted by atomic mass is 9.66. The van der Waals surface area contributed by atoms with E-state index in [1.807, 2.05) is 0 Å². The number of rotatable bonds is 0. The summed E-state index contributed by atoms with van der Waals surface area (Å²) < 4.78 is 0.301. The van der Waals surface area contributed by atoms with Crippen molar-refractivity contribution in [3.63, 3.8) is 0 Å². The minimum Gasteiger partial charge on any atom is -0.173 e. The van der Waals surface area contributed by atoms with Gasteiger partial charge in [-0.05, 0) is 30.6 Å². The van der Waals surface area contributed by atoms with Crippen LogP contribution in [0.3, 0.4) is 0 Å². The molecule has 1 aliphatic carbocycles. The summed E-state index contributed by atoms with van der Waals surface area (Å²) in [6, 6.07) is 0. The Morgan fingerprint density at radius 3 is 2.09 bits per heavy atom. The van der Waals surface area contributed by atoms with Gasteiger partial charge in [-0.2, -0.15) is 12.6 Å². The van der Waals surface area contributed by atoms with Gasteiger partial charge in [0.2, 0.25) is 0 Å². The van der Waals surface area contributed by atoms with Crippen LogP contribution >= 0.6 is 12.6 Å². The normalized spacial score (nSPS) is 43.9. The molecule has 2 unspecified atom stereocenters. The van der Waals surface area contributed by atoms with Gasteiger partial charge in [0.05, 0.1) is 0 Å². The molecule has 0 aromatic rings. The average Bonchev–Trinajstić information content (AvgIpc) is 1.81. The van der Waals surface area contributed by atoms with Crippen LogP contribution in [0.5, 0.6) is 0 Å². The van der Waals surface area contributed by atoms with Crippen LogP contribution in [0.15, 0.2) is 0 Å². The zero-order chi connectivity index (χ0) is 8.70. The first-order chi connectivity index (χ1) is 4.83. The van der Waals surface area contributed by atoms with E-state index < -0.39 is 0 Å². The van der Waals surface area contributed by atoms with Gasteiger partial charge in [-0.15, -0.1) is 0 Å². The summed E-state index contributed by atoms with van der Waals surface area (Å²) in [6.07, 6.45) is 3.87.